The van der Waals surface area contributed by atoms with E-state index in [1.54, 1.807) is 0 Å². The van der Waals surface area contributed by atoms with Crippen molar-refractivity contribution in [3.63, 3.8) is 0 Å². The molecule has 0 spiro atoms. The van der Waals surface area contributed by atoms with Crippen LogP contribution in [0.3, 0.4) is 0 Å². The first-order valence-electron chi connectivity index (χ1n) is 8.51. The van der Waals surface area contributed by atoms with Crippen LogP contribution in [0.1, 0.15) is 69.8 Å². The van der Waals surface area contributed by atoms with Crippen molar-refractivity contribution >= 4 is 0 Å². The van der Waals surface area contributed by atoms with Crippen molar-refractivity contribution < 1.29 is 4.42 Å². The molecule has 4 unspecified atom stereocenters. The fraction of sp³-hybridized carbons (Fsp3) is 0.778. The summed E-state index contributed by atoms with van der Waals surface area (Å²) in [5.41, 5.74) is 0. The molecule has 1 N–H and O–H groups in total. The molecule has 3 rings (SSSR count). The van der Waals surface area contributed by atoms with Crippen molar-refractivity contribution in [1.29, 1.82) is 0 Å². The summed E-state index contributed by atoms with van der Waals surface area (Å²) in [7, 11) is 0. The lowest BCUT2D eigenvalue weighted by Gasteiger charge is -2.26. The third-order valence-corrected chi connectivity index (χ3v) is 5.23. The van der Waals surface area contributed by atoms with Crippen LogP contribution in [0.2, 0.25) is 0 Å². The summed E-state index contributed by atoms with van der Waals surface area (Å²) in [4.78, 5) is 0. The zero-order valence-corrected chi connectivity index (χ0v) is 13.0. The summed E-state index contributed by atoms with van der Waals surface area (Å²) in [6.07, 6.45) is 8.39. The van der Waals surface area contributed by atoms with Gasteiger partial charge in [0.15, 0.2) is 0 Å². The topological polar surface area (TPSA) is 25.2 Å². The molecule has 4 atom stereocenters. The molecular formula is C18H29NO. The lowest BCUT2D eigenvalue weighted by molar-refractivity contribution is 0.266. The first-order chi connectivity index (χ1) is 9.72. The molecule has 0 bridgehead atoms. The molecule has 0 amide bonds. The lowest BCUT2D eigenvalue weighted by Crippen LogP contribution is -2.20. The Labute approximate surface area is 123 Å². The van der Waals surface area contributed by atoms with Gasteiger partial charge in [-0.25, -0.2) is 0 Å². The van der Waals surface area contributed by atoms with Crippen molar-refractivity contribution in [2.75, 3.05) is 6.54 Å². The zero-order chi connectivity index (χ0) is 13.9. The number of hydrogen-bond donors (Lipinski definition) is 1. The second-order valence-electron chi connectivity index (χ2n) is 7.23. The maximum absolute atomic E-state index is 5.92. The Bertz CT molecular complexity index is 425. The van der Waals surface area contributed by atoms with Gasteiger partial charge in [0.05, 0.1) is 6.54 Å². The Balaban J connectivity index is 1.34. The highest BCUT2D eigenvalue weighted by Gasteiger charge is 2.36. The van der Waals surface area contributed by atoms with E-state index in [-0.39, 0.29) is 0 Å². The van der Waals surface area contributed by atoms with E-state index in [9.17, 15) is 0 Å². The molecule has 0 saturated heterocycles. The first kappa shape index (κ1) is 14.2. The first-order valence-corrected chi connectivity index (χ1v) is 8.51. The van der Waals surface area contributed by atoms with Crippen molar-refractivity contribution in [3.05, 3.63) is 23.7 Å². The second kappa shape index (κ2) is 6.34. The van der Waals surface area contributed by atoms with Crippen molar-refractivity contribution in [2.24, 2.45) is 17.8 Å². The Morgan fingerprint density at radius 2 is 2.05 bits per heavy atom. The van der Waals surface area contributed by atoms with Crippen LogP contribution < -0.4 is 5.32 Å². The SMILES string of the molecule is CC1CCCC(CCNCc2ccc(C3CC3C)o2)C1. The van der Waals surface area contributed by atoms with E-state index in [2.05, 4.69) is 31.3 Å². The Kier molecular flexibility index (Phi) is 4.50. The molecule has 0 aliphatic heterocycles. The Hall–Kier alpha value is -0.760. The van der Waals surface area contributed by atoms with Gasteiger partial charge in [-0.05, 0) is 55.7 Å². The Morgan fingerprint density at radius 3 is 2.80 bits per heavy atom. The molecule has 112 valence electrons. The zero-order valence-electron chi connectivity index (χ0n) is 13.0. The van der Waals surface area contributed by atoms with E-state index in [1.165, 1.54) is 44.3 Å². The van der Waals surface area contributed by atoms with Gasteiger partial charge in [0.2, 0.25) is 0 Å². The summed E-state index contributed by atoms with van der Waals surface area (Å²) in [5.74, 6) is 5.74. The fourth-order valence-corrected chi connectivity index (χ4v) is 3.75. The summed E-state index contributed by atoms with van der Waals surface area (Å²) in [6, 6.07) is 4.32. The Morgan fingerprint density at radius 1 is 1.20 bits per heavy atom. The molecule has 1 heterocycles. The van der Waals surface area contributed by atoms with Crippen LogP contribution in [0.5, 0.6) is 0 Å². The van der Waals surface area contributed by atoms with Gasteiger partial charge < -0.3 is 9.73 Å². The molecule has 2 aliphatic carbocycles. The lowest BCUT2D eigenvalue weighted by atomic mass is 9.81. The summed E-state index contributed by atoms with van der Waals surface area (Å²) < 4.78 is 5.92. The fourth-order valence-electron chi connectivity index (χ4n) is 3.75. The molecule has 20 heavy (non-hydrogen) atoms. The minimum atomic E-state index is 0.701. The van der Waals surface area contributed by atoms with E-state index < -0.39 is 0 Å². The smallest absolute Gasteiger partial charge is 0.117 e. The minimum absolute atomic E-state index is 0.701. The maximum atomic E-state index is 5.92. The average molecular weight is 275 g/mol. The van der Waals surface area contributed by atoms with Crippen LogP contribution >= 0.6 is 0 Å². The number of hydrogen-bond acceptors (Lipinski definition) is 2. The van der Waals surface area contributed by atoms with Gasteiger partial charge in [-0.15, -0.1) is 0 Å². The third kappa shape index (κ3) is 3.66. The molecule has 0 radical (unpaired) electrons. The van der Waals surface area contributed by atoms with Gasteiger partial charge in [-0.1, -0.05) is 33.1 Å². The quantitative estimate of drug-likeness (QED) is 0.761. The molecular weight excluding hydrogens is 246 g/mol. The number of furan rings is 1. The van der Waals surface area contributed by atoms with Crippen LogP contribution in [0.4, 0.5) is 0 Å². The predicted octanol–water partition coefficient (Wildman–Crippen LogP) is 4.71. The molecule has 2 heteroatoms. The standard InChI is InChI=1S/C18H29NO/c1-13-4-3-5-15(10-13)8-9-19-12-16-6-7-18(20-16)17-11-14(17)2/h6-7,13-15,17,19H,3-5,8-12H2,1-2H3. The molecule has 2 fully saturated rings. The largest absolute Gasteiger partial charge is 0.464 e. The molecule has 1 aromatic heterocycles. The highest BCUT2D eigenvalue weighted by Crippen LogP contribution is 2.47. The van der Waals surface area contributed by atoms with Crippen molar-refractivity contribution in [1.82, 2.24) is 5.32 Å². The van der Waals surface area contributed by atoms with Gasteiger partial charge in [-0.2, -0.15) is 0 Å². The normalized spacial score (nSPS) is 33.3. The summed E-state index contributed by atoms with van der Waals surface area (Å²) >= 11 is 0. The minimum Gasteiger partial charge on any atom is -0.464 e. The van der Waals surface area contributed by atoms with Gasteiger partial charge in [0.1, 0.15) is 11.5 Å². The van der Waals surface area contributed by atoms with Gasteiger partial charge in [0.25, 0.3) is 0 Å². The van der Waals surface area contributed by atoms with Gasteiger partial charge in [-0.3, -0.25) is 0 Å². The predicted molar refractivity (Wildman–Crippen MR) is 82.7 cm³/mol. The molecule has 2 nitrogen and oxygen atoms in total. The van der Waals surface area contributed by atoms with Gasteiger partial charge in [0, 0.05) is 5.92 Å². The van der Waals surface area contributed by atoms with Crippen LogP contribution in [0, 0.1) is 17.8 Å². The van der Waals surface area contributed by atoms with E-state index in [0.717, 1.165) is 36.6 Å². The maximum Gasteiger partial charge on any atom is 0.117 e. The van der Waals surface area contributed by atoms with E-state index in [4.69, 9.17) is 4.42 Å². The van der Waals surface area contributed by atoms with Crippen molar-refractivity contribution in [2.45, 2.75) is 64.8 Å². The second-order valence-corrected chi connectivity index (χ2v) is 7.23. The van der Waals surface area contributed by atoms with E-state index in [0.29, 0.717) is 5.92 Å². The van der Waals surface area contributed by atoms with Crippen LogP contribution in [0.15, 0.2) is 16.5 Å². The van der Waals surface area contributed by atoms with E-state index in [1.807, 2.05) is 0 Å². The van der Waals surface area contributed by atoms with Crippen molar-refractivity contribution in [3.8, 4) is 0 Å². The molecule has 0 aromatic carbocycles. The molecule has 1 aromatic rings. The molecule has 2 saturated carbocycles. The van der Waals surface area contributed by atoms with Crippen LogP contribution in [-0.2, 0) is 6.54 Å². The third-order valence-electron chi connectivity index (χ3n) is 5.23. The van der Waals surface area contributed by atoms with Crippen LogP contribution in [-0.4, -0.2) is 6.54 Å². The highest BCUT2D eigenvalue weighted by atomic mass is 16.3. The summed E-state index contributed by atoms with van der Waals surface area (Å²) in [6.45, 7) is 6.73. The van der Waals surface area contributed by atoms with Gasteiger partial charge >= 0.3 is 0 Å². The number of nitrogens with one attached hydrogen (secondary N) is 1. The van der Waals surface area contributed by atoms with Crippen LogP contribution in [0.25, 0.3) is 0 Å². The highest BCUT2D eigenvalue weighted by molar-refractivity contribution is 5.17. The average Bonchev–Trinajstić information content (AvgIpc) is 2.99. The molecule has 2 aliphatic rings. The summed E-state index contributed by atoms with van der Waals surface area (Å²) in [5, 5.41) is 3.55. The monoisotopic (exact) mass is 275 g/mol. The van der Waals surface area contributed by atoms with E-state index >= 15 is 0 Å². The number of rotatable bonds is 6.